The molecular weight excluding hydrogens is 347 g/mol. The van der Waals surface area contributed by atoms with Crippen LogP contribution in [-0.2, 0) is 6.18 Å². The zero-order chi connectivity index (χ0) is 17.7. The molecule has 2 aromatic carbocycles. The van der Waals surface area contributed by atoms with Gasteiger partial charge in [0.15, 0.2) is 0 Å². The summed E-state index contributed by atoms with van der Waals surface area (Å²) in [5.41, 5.74) is -0.338. The van der Waals surface area contributed by atoms with Crippen molar-refractivity contribution in [2.75, 3.05) is 6.61 Å². The first kappa shape index (κ1) is 17.9. The largest absolute Gasteiger partial charge is 0.493 e. The van der Waals surface area contributed by atoms with Gasteiger partial charge in [-0.3, -0.25) is 0 Å². The summed E-state index contributed by atoms with van der Waals surface area (Å²) in [6.45, 7) is 2.15. The van der Waals surface area contributed by atoms with Crippen molar-refractivity contribution in [3.8, 4) is 17.2 Å². The maximum atomic E-state index is 12.6. The van der Waals surface area contributed by atoms with Gasteiger partial charge in [0.25, 0.3) is 0 Å². The molecule has 0 aliphatic rings. The van der Waals surface area contributed by atoms with Gasteiger partial charge in [-0.1, -0.05) is 16.8 Å². The van der Waals surface area contributed by atoms with Gasteiger partial charge in [0, 0.05) is 11.6 Å². The number of halogens is 4. The molecule has 0 radical (unpaired) electrons. The van der Waals surface area contributed by atoms with E-state index in [1.54, 1.807) is 19.1 Å². The van der Waals surface area contributed by atoms with Gasteiger partial charge < -0.3 is 14.7 Å². The summed E-state index contributed by atoms with van der Waals surface area (Å²) in [5.74, 6) is 0.793. The highest BCUT2D eigenvalue weighted by molar-refractivity contribution is 6.32. The molecule has 0 saturated carbocycles. The molecule has 0 amide bonds. The molecule has 0 fully saturated rings. The number of hydrogen-bond donors (Lipinski definition) is 1. The lowest BCUT2D eigenvalue weighted by Crippen LogP contribution is -2.04. The monoisotopic (exact) mass is 359 g/mol. The lowest BCUT2D eigenvalue weighted by Gasteiger charge is -2.13. The highest BCUT2D eigenvalue weighted by Crippen LogP contribution is 2.37. The molecule has 0 saturated heterocycles. The Bertz CT molecular complexity index is 748. The van der Waals surface area contributed by atoms with Gasteiger partial charge in [-0.05, 0) is 37.3 Å². The number of rotatable bonds is 5. The van der Waals surface area contributed by atoms with Crippen LogP contribution in [0.3, 0.4) is 0 Å². The number of oxime groups is 1. The van der Waals surface area contributed by atoms with Crippen molar-refractivity contribution < 1.29 is 27.9 Å². The molecule has 1 N–H and O–H groups in total. The summed E-state index contributed by atoms with van der Waals surface area (Å²) >= 11 is 5.86. The number of alkyl halides is 3. The molecule has 0 atom stereocenters. The molecule has 0 spiro atoms. The van der Waals surface area contributed by atoms with Crippen molar-refractivity contribution in [2.45, 2.75) is 13.1 Å². The Kier molecular flexibility index (Phi) is 5.56. The molecule has 0 aliphatic carbocycles. The van der Waals surface area contributed by atoms with E-state index in [0.717, 1.165) is 18.2 Å². The average molecular weight is 360 g/mol. The van der Waals surface area contributed by atoms with Crippen LogP contribution in [0.25, 0.3) is 0 Å². The average Bonchev–Trinajstić information content (AvgIpc) is 2.51. The molecule has 128 valence electrons. The van der Waals surface area contributed by atoms with Crippen molar-refractivity contribution in [3.63, 3.8) is 0 Å². The van der Waals surface area contributed by atoms with E-state index in [4.69, 9.17) is 26.3 Å². The SMILES string of the molecule is CCOc1cc(Oc2ccc(C(F)(F)F)cc2Cl)ccc1/C=N/O. The van der Waals surface area contributed by atoms with Crippen molar-refractivity contribution in [3.05, 3.63) is 52.5 Å². The summed E-state index contributed by atoms with van der Waals surface area (Å²) in [7, 11) is 0. The molecule has 0 bridgehead atoms. The number of hydrogen-bond acceptors (Lipinski definition) is 4. The topological polar surface area (TPSA) is 51.0 Å². The molecule has 4 nitrogen and oxygen atoms in total. The summed E-state index contributed by atoms with van der Waals surface area (Å²) < 4.78 is 48.8. The van der Waals surface area contributed by atoms with Crippen molar-refractivity contribution in [1.82, 2.24) is 0 Å². The van der Waals surface area contributed by atoms with E-state index in [9.17, 15) is 13.2 Å². The van der Waals surface area contributed by atoms with Crippen LogP contribution >= 0.6 is 11.6 Å². The lowest BCUT2D eigenvalue weighted by atomic mass is 10.2. The van der Waals surface area contributed by atoms with Crippen LogP contribution in [0.2, 0.25) is 5.02 Å². The van der Waals surface area contributed by atoms with Crippen molar-refractivity contribution in [2.24, 2.45) is 5.16 Å². The molecule has 2 rings (SSSR count). The minimum absolute atomic E-state index is 0.0793. The van der Waals surface area contributed by atoms with Crippen LogP contribution in [0.5, 0.6) is 17.2 Å². The fourth-order valence-corrected chi connectivity index (χ4v) is 2.13. The van der Waals surface area contributed by atoms with E-state index < -0.39 is 11.7 Å². The second-order valence-electron chi connectivity index (χ2n) is 4.62. The van der Waals surface area contributed by atoms with Crippen molar-refractivity contribution in [1.29, 1.82) is 0 Å². The maximum absolute atomic E-state index is 12.6. The predicted molar refractivity (Wildman–Crippen MR) is 83.5 cm³/mol. The lowest BCUT2D eigenvalue weighted by molar-refractivity contribution is -0.137. The predicted octanol–water partition coefficient (Wildman–Crippen LogP) is 5.36. The fourth-order valence-electron chi connectivity index (χ4n) is 1.91. The third kappa shape index (κ3) is 4.32. The molecule has 0 heterocycles. The third-order valence-electron chi connectivity index (χ3n) is 2.97. The zero-order valence-corrected chi connectivity index (χ0v) is 13.2. The van der Waals surface area contributed by atoms with Crippen LogP contribution in [0.4, 0.5) is 13.2 Å². The second kappa shape index (κ2) is 7.44. The Hall–Kier alpha value is -2.41. The Morgan fingerprint density at radius 2 is 1.92 bits per heavy atom. The van der Waals surface area contributed by atoms with Crippen LogP contribution in [0, 0.1) is 0 Å². The smallest absolute Gasteiger partial charge is 0.416 e. The maximum Gasteiger partial charge on any atom is 0.416 e. The standard InChI is InChI=1S/C16H13ClF3NO3/c1-2-23-15-8-12(5-3-10(15)9-21-22)24-14-6-4-11(7-13(14)17)16(18,19)20/h3-9,22H,2H2,1H3/b21-9+. The highest BCUT2D eigenvalue weighted by atomic mass is 35.5. The molecule has 0 aliphatic heterocycles. The Labute approximate surface area is 141 Å². The van der Waals surface area contributed by atoms with Gasteiger partial charge in [-0.2, -0.15) is 13.2 Å². The van der Waals surface area contributed by atoms with E-state index in [1.807, 2.05) is 0 Å². The number of ether oxygens (including phenoxy) is 2. The first-order valence-corrected chi connectivity index (χ1v) is 7.21. The van der Waals surface area contributed by atoms with Gasteiger partial charge in [-0.15, -0.1) is 0 Å². The van der Waals surface area contributed by atoms with Gasteiger partial charge in [0.05, 0.1) is 23.4 Å². The van der Waals surface area contributed by atoms with Crippen LogP contribution in [-0.4, -0.2) is 18.0 Å². The van der Waals surface area contributed by atoms with Gasteiger partial charge in [0.1, 0.15) is 17.2 Å². The normalized spacial score (nSPS) is 11.7. The van der Waals surface area contributed by atoms with E-state index >= 15 is 0 Å². The highest BCUT2D eigenvalue weighted by Gasteiger charge is 2.31. The van der Waals surface area contributed by atoms with E-state index in [2.05, 4.69) is 5.16 Å². The first-order chi connectivity index (χ1) is 11.3. The minimum Gasteiger partial charge on any atom is -0.493 e. The van der Waals surface area contributed by atoms with E-state index in [1.165, 1.54) is 12.3 Å². The van der Waals surface area contributed by atoms with Crippen LogP contribution < -0.4 is 9.47 Å². The Balaban J connectivity index is 2.29. The first-order valence-electron chi connectivity index (χ1n) is 6.84. The summed E-state index contributed by atoms with van der Waals surface area (Å²) in [6.07, 6.45) is -3.28. The second-order valence-corrected chi connectivity index (χ2v) is 5.03. The summed E-state index contributed by atoms with van der Waals surface area (Å²) in [5, 5.41) is 11.4. The van der Waals surface area contributed by atoms with Crippen LogP contribution in [0.15, 0.2) is 41.6 Å². The Morgan fingerprint density at radius 1 is 1.17 bits per heavy atom. The number of nitrogens with zero attached hydrogens (tertiary/aromatic N) is 1. The quantitative estimate of drug-likeness (QED) is 0.444. The minimum atomic E-state index is -4.48. The van der Waals surface area contributed by atoms with E-state index in [0.29, 0.717) is 23.7 Å². The van der Waals surface area contributed by atoms with Gasteiger partial charge >= 0.3 is 6.18 Å². The zero-order valence-electron chi connectivity index (χ0n) is 12.5. The fraction of sp³-hybridized carbons (Fsp3) is 0.188. The summed E-state index contributed by atoms with van der Waals surface area (Å²) in [4.78, 5) is 0. The van der Waals surface area contributed by atoms with Gasteiger partial charge in [0.2, 0.25) is 0 Å². The molecule has 0 unspecified atom stereocenters. The molecule has 8 heteroatoms. The van der Waals surface area contributed by atoms with Crippen LogP contribution in [0.1, 0.15) is 18.1 Å². The van der Waals surface area contributed by atoms with E-state index in [-0.39, 0.29) is 10.8 Å². The van der Waals surface area contributed by atoms with Crippen molar-refractivity contribution >= 4 is 17.8 Å². The molecule has 0 aromatic heterocycles. The molecule has 2 aromatic rings. The molecular formula is C16H13ClF3NO3. The Morgan fingerprint density at radius 3 is 2.50 bits per heavy atom. The number of benzene rings is 2. The molecule has 24 heavy (non-hydrogen) atoms. The van der Waals surface area contributed by atoms with Gasteiger partial charge in [-0.25, -0.2) is 0 Å². The third-order valence-corrected chi connectivity index (χ3v) is 3.26. The summed E-state index contributed by atoms with van der Waals surface area (Å²) in [6, 6.07) is 7.49.